The molecule has 12 nitrogen and oxygen atoms in total. The SMILES string of the molecule is CNS(=O)(=O)c1ccc(NC2NN([C@]3(CC#N)CC[C@@H](C(=O)OC(C)(C)C)OC3)C3CCNC(=O)C23)cc1. The molecule has 4 N–H and O–H groups in total. The van der Waals surface area contributed by atoms with Gasteiger partial charge in [0.15, 0.2) is 6.10 Å². The fourth-order valence-electron chi connectivity index (χ4n) is 5.37. The first kappa shape index (κ1) is 28.3. The molecule has 1 aromatic carbocycles. The van der Waals surface area contributed by atoms with E-state index in [4.69, 9.17) is 9.47 Å². The van der Waals surface area contributed by atoms with E-state index >= 15 is 0 Å². The average Bonchev–Trinajstić information content (AvgIpc) is 3.24. The molecular formula is C25H36N6O6S. The highest BCUT2D eigenvalue weighted by Crippen LogP contribution is 2.40. The zero-order valence-electron chi connectivity index (χ0n) is 22.1. The van der Waals surface area contributed by atoms with E-state index in [9.17, 15) is 23.3 Å². The summed E-state index contributed by atoms with van der Waals surface area (Å²) >= 11 is 0. The Morgan fingerprint density at radius 2 is 2.00 bits per heavy atom. The van der Waals surface area contributed by atoms with E-state index in [-0.39, 0.29) is 29.9 Å². The van der Waals surface area contributed by atoms with Crippen molar-refractivity contribution in [2.75, 3.05) is 25.5 Å². The van der Waals surface area contributed by atoms with Gasteiger partial charge in [0.05, 0.1) is 35.4 Å². The van der Waals surface area contributed by atoms with E-state index < -0.39 is 45.3 Å². The highest BCUT2D eigenvalue weighted by Gasteiger charge is 2.56. The van der Waals surface area contributed by atoms with Gasteiger partial charge >= 0.3 is 5.97 Å². The number of piperidine rings is 1. The average molecular weight is 549 g/mol. The lowest BCUT2D eigenvalue weighted by Gasteiger charge is -2.47. The van der Waals surface area contributed by atoms with Crippen LogP contribution in [0.15, 0.2) is 29.2 Å². The van der Waals surface area contributed by atoms with Gasteiger partial charge in [0.1, 0.15) is 11.8 Å². The van der Waals surface area contributed by atoms with E-state index in [2.05, 4.69) is 26.9 Å². The lowest BCUT2D eigenvalue weighted by atomic mass is 9.83. The number of nitrogens with zero attached hydrogens (tertiary/aromatic N) is 2. The van der Waals surface area contributed by atoms with Crippen LogP contribution in [-0.4, -0.2) is 75.0 Å². The standard InChI is InChI=1S/C25H36N6O6S/c1-24(2,3)37-23(33)19-9-11-25(12-13-26,15-36-19)31-18-10-14-28-22(32)20(18)21(30-31)29-16-5-7-17(8-6-16)38(34,35)27-4/h5-8,18-21,27,29-30H,9-12,14-15H2,1-4H3,(H,28,32)/t18?,19-,20?,21?,25-/m0/s1. The maximum atomic E-state index is 13.0. The molecule has 5 atom stereocenters. The van der Waals surface area contributed by atoms with Gasteiger partial charge in [-0.3, -0.25) is 4.79 Å². The van der Waals surface area contributed by atoms with Gasteiger partial charge in [-0.2, -0.15) is 5.26 Å². The number of nitriles is 1. The summed E-state index contributed by atoms with van der Waals surface area (Å²) in [5.41, 5.74) is 2.69. The number of sulfonamides is 1. The van der Waals surface area contributed by atoms with Gasteiger partial charge in [-0.15, -0.1) is 0 Å². The van der Waals surface area contributed by atoms with E-state index in [1.165, 1.54) is 19.2 Å². The summed E-state index contributed by atoms with van der Waals surface area (Å²) in [7, 11) is -2.22. The van der Waals surface area contributed by atoms with Crippen LogP contribution in [0.5, 0.6) is 0 Å². The Morgan fingerprint density at radius 1 is 1.29 bits per heavy atom. The normalized spacial score (nSPS) is 30.1. The number of amides is 1. The lowest BCUT2D eigenvalue weighted by Crippen LogP contribution is -2.63. The second-order valence-corrected chi connectivity index (χ2v) is 12.8. The van der Waals surface area contributed by atoms with Gasteiger partial charge in [-0.25, -0.2) is 28.4 Å². The van der Waals surface area contributed by atoms with Crippen molar-refractivity contribution >= 4 is 27.6 Å². The van der Waals surface area contributed by atoms with Crippen molar-refractivity contribution in [1.29, 1.82) is 5.26 Å². The van der Waals surface area contributed by atoms with Crippen molar-refractivity contribution in [3.63, 3.8) is 0 Å². The van der Waals surface area contributed by atoms with Crippen LogP contribution in [0.4, 0.5) is 5.69 Å². The minimum absolute atomic E-state index is 0.112. The molecule has 0 aliphatic carbocycles. The Kier molecular flexibility index (Phi) is 8.02. The van der Waals surface area contributed by atoms with Gasteiger partial charge in [0.2, 0.25) is 15.9 Å². The molecule has 0 saturated carbocycles. The number of esters is 1. The smallest absolute Gasteiger partial charge is 0.335 e. The first-order chi connectivity index (χ1) is 17.9. The Bertz CT molecular complexity index is 1180. The zero-order chi connectivity index (χ0) is 27.7. The van der Waals surface area contributed by atoms with Gasteiger partial charge in [-0.05, 0) is 71.3 Å². The van der Waals surface area contributed by atoms with Crippen LogP contribution in [0.2, 0.25) is 0 Å². The third-order valence-electron chi connectivity index (χ3n) is 7.19. The van der Waals surface area contributed by atoms with Crippen molar-refractivity contribution in [1.82, 2.24) is 20.5 Å². The number of anilines is 1. The van der Waals surface area contributed by atoms with E-state index in [1.54, 1.807) is 32.9 Å². The first-order valence-electron chi connectivity index (χ1n) is 12.7. The molecular weight excluding hydrogens is 512 g/mol. The van der Waals surface area contributed by atoms with Crippen LogP contribution in [0.25, 0.3) is 0 Å². The van der Waals surface area contributed by atoms with Gasteiger partial charge in [-0.1, -0.05) is 0 Å². The highest BCUT2D eigenvalue weighted by atomic mass is 32.2. The first-order valence-corrected chi connectivity index (χ1v) is 14.2. The minimum atomic E-state index is -3.57. The predicted molar refractivity (Wildman–Crippen MR) is 138 cm³/mol. The molecule has 3 unspecified atom stereocenters. The molecule has 1 aromatic rings. The van der Waals surface area contributed by atoms with Crippen LogP contribution >= 0.6 is 0 Å². The molecule has 3 aliphatic rings. The van der Waals surface area contributed by atoms with Gasteiger partial charge < -0.3 is 20.1 Å². The molecule has 3 aliphatic heterocycles. The summed E-state index contributed by atoms with van der Waals surface area (Å²) in [5.74, 6) is -1.00. The molecule has 3 fully saturated rings. The predicted octanol–water partition coefficient (Wildman–Crippen LogP) is 0.831. The summed E-state index contributed by atoms with van der Waals surface area (Å²) in [4.78, 5) is 25.7. The lowest BCUT2D eigenvalue weighted by molar-refractivity contribution is -0.180. The minimum Gasteiger partial charge on any atom is -0.458 e. The maximum absolute atomic E-state index is 13.0. The molecule has 4 rings (SSSR count). The maximum Gasteiger partial charge on any atom is 0.335 e. The fraction of sp³-hybridized carbons (Fsp3) is 0.640. The van der Waals surface area contributed by atoms with Crippen molar-refractivity contribution < 1.29 is 27.5 Å². The van der Waals surface area contributed by atoms with Crippen LogP contribution in [-0.2, 0) is 29.1 Å². The number of fused-ring (bicyclic) bond motifs is 1. The molecule has 208 valence electrons. The summed E-state index contributed by atoms with van der Waals surface area (Å²) in [6.07, 6.45) is 0.490. The van der Waals surface area contributed by atoms with Gasteiger partial charge in [0, 0.05) is 18.3 Å². The Hall–Kier alpha value is -2.76. The monoisotopic (exact) mass is 548 g/mol. The van der Waals surface area contributed by atoms with Crippen LogP contribution < -0.4 is 20.8 Å². The molecule has 0 spiro atoms. The highest BCUT2D eigenvalue weighted by molar-refractivity contribution is 7.89. The number of ether oxygens (including phenoxy) is 2. The molecule has 0 aromatic heterocycles. The number of benzene rings is 1. The van der Waals surface area contributed by atoms with Crippen molar-refractivity contribution in [2.45, 2.75) is 80.8 Å². The van der Waals surface area contributed by atoms with Crippen LogP contribution in [0.3, 0.4) is 0 Å². The molecule has 13 heteroatoms. The number of hydrogen-bond acceptors (Lipinski definition) is 10. The fourth-order valence-corrected chi connectivity index (χ4v) is 6.10. The van der Waals surface area contributed by atoms with E-state index in [1.807, 2.05) is 5.01 Å². The summed E-state index contributed by atoms with van der Waals surface area (Å²) in [6, 6.07) is 8.33. The number of hydrogen-bond donors (Lipinski definition) is 4. The van der Waals surface area contributed by atoms with Crippen molar-refractivity contribution in [2.24, 2.45) is 5.92 Å². The Labute approximate surface area is 223 Å². The number of carbonyl (C=O) groups is 2. The molecule has 38 heavy (non-hydrogen) atoms. The summed E-state index contributed by atoms with van der Waals surface area (Å²) in [6.45, 7) is 6.04. The topological polar surface area (TPSA) is 162 Å². The van der Waals surface area contributed by atoms with Crippen molar-refractivity contribution in [3.05, 3.63) is 24.3 Å². The van der Waals surface area contributed by atoms with E-state index in [0.717, 1.165) is 0 Å². The molecule has 1 amide bonds. The molecule has 0 radical (unpaired) electrons. The van der Waals surface area contributed by atoms with Crippen molar-refractivity contribution in [3.8, 4) is 6.07 Å². The van der Waals surface area contributed by atoms with Crippen LogP contribution in [0.1, 0.15) is 46.5 Å². The third kappa shape index (κ3) is 5.79. The summed E-state index contributed by atoms with van der Waals surface area (Å²) in [5, 5.41) is 18.0. The molecule has 3 saturated heterocycles. The Morgan fingerprint density at radius 3 is 2.58 bits per heavy atom. The third-order valence-corrected chi connectivity index (χ3v) is 8.63. The number of rotatable bonds is 7. The summed E-state index contributed by atoms with van der Waals surface area (Å²) < 4.78 is 37.9. The van der Waals surface area contributed by atoms with Crippen LogP contribution in [0, 0.1) is 17.2 Å². The second kappa shape index (κ2) is 10.8. The van der Waals surface area contributed by atoms with Gasteiger partial charge in [0.25, 0.3) is 0 Å². The van der Waals surface area contributed by atoms with E-state index in [0.29, 0.717) is 31.5 Å². The molecule has 3 heterocycles. The largest absolute Gasteiger partial charge is 0.458 e. The molecule has 0 bridgehead atoms. The second-order valence-electron chi connectivity index (χ2n) is 11.0. The number of hydrazine groups is 1. The Balaban J connectivity index is 1.54. The number of nitrogens with one attached hydrogen (secondary N) is 4. The quantitative estimate of drug-likeness (QED) is 0.359. The zero-order valence-corrected chi connectivity index (χ0v) is 22.9. The number of carbonyl (C=O) groups excluding carboxylic acids is 2.